The average Bonchev–Trinajstić information content (AvgIpc) is 3.38. The van der Waals surface area contributed by atoms with Gasteiger partial charge in [0, 0.05) is 49.3 Å². The number of carbonyl (C=O) groups is 2. The van der Waals surface area contributed by atoms with E-state index in [1.54, 1.807) is 5.38 Å². The van der Waals surface area contributed by atoms with Gasteiger partial charge < -0.3 is 20.2 Å². The van der Waals surface area contributed by atoms with Gasteiger partial charge in [-0.2, -0.15) is 0 Å². The number of thioether (sulfide) groups is 1. The summed E-state index contributed by atoms with van der Waals surface area (Å²) in [5.74, 6) is -0.0178. The lowest BCUT2D eigenvalue weighted by Crippen LogP contribution is -2.46. The minimum absolute atomic E-state index is 0.0942. The van der Waals surface area contributed by atoms with Crippen molar-refractivity contribution in [1.29, 1.82) is 0 Å². The summed E-state index contributed by atoms with van der Waals surface area (Å²) in [6.45, 7) is 6.99. The highest BCUT2D eigenvalue weighted by atomic mass is 32.2. The molecule has 1 aromatic heterocycles. The van der Waals surface area contributed by atoms with Crippen molar-refractivity contribution >= 4 is 35.0 Å². The molecule has 9 heteroatoms. The third kappa shape index (κ3) is 5.66. The molecule has 1 aromatic rings. The quantitative estimate of drug-likeness (QED) is 0.569. The standard InChI is InChI=1S/C18H28N4O3S2/c1-2-21(10-13-4-3-7-19-13)11-14-5-6-16(23)22(14)8-9-26-18-20-15(12-27-18)17(24)25/h12-14,19H,2-11H2,1H3,(H,24,25)/t13?,14-/m1/s1. The first kappa shape index (κ1) is 20.6. The van der Waals surface area contributed by atoms with Crippen molar-refractivity contribution in [2.45, 2.75) is 49.0 Å². The molecule has 2 N–H and O–H groups in total. The molecule has 0 aromatic carbocycles. The van der Waals surface area contributed by atoms with E-state index in [1.165, 1.54) is 35.9 Å². The first-order valence-corrected chi connectivity index (χ1v) is 11.5. The second-order valence-corrected chi connectivity index (χ2v) is 9.28. The highest BCUT2D eigenvalue weighted by molar-refractivity contribution is 8.01. The van der Waals surface area contributed by atoms with Crippen molar-refractivity contribution < 1.29 is 14.7 Å². The number of amides is 1. The number of likely N-dealkylation sites (tertiary alicyclic amines) is 1. The third-order valence-electron chi connectivity index (χ3n) is 5.27. The average molecular weight is 413 g/mol. The summed E-state index contributed by atoms with van der Waals surface area (Å²) in [4.78, 5) is 31.8. The molecule has 1 unspecified atom stereocenters. The molecular formula is C18H28N4O3S2. The molecule has 3 heterocycles. The number of carboxylic acid groups (broad SMARTS) is 1. The van der Waals surface area contributed by atoms with Crippen LogP contribution in [0.1, 0.15) is 43.1 Å². The Hall–Kier alpha value is -1.16. The third-order valence-corrected chi connectivity index (χ3v) is 7.27. The van der Waals surface area contributed by atoms with E-state index in [9.17, 15) is 9.59 Å². The molecule has 0 bridgehead atoms. The largest absolute Gasteiger partial charge is 0.476 e. The molecule has 0 saturated carbocycles. The minimum atomic E-state index is -0.996. The Morgan fingerprint density at radius 2 is 2.33 bits per heavy atom. The van der Waals surface area contributed by atoms with E-state index in [0.29, 0.717) is 19.0 Å². The number of thiazole rings is 1. The van der Waals surface area contributed by atoms with Crippen molar-refractivity contribution in [3.63, 3.8) is 0 Å². The molecule has 1 amide bonds. The van der Waals surface area contributed by atoms with Crippen LogP contribution in [0.4, 0.5) is 0 Å². The number of likely N-dealkylation sites (N-methyl/N-ethyl adjacent to an activating group) is 1. The van der Waals surface area contributed by atoms with Gasteiger partial charge in [-0.25, -0.2) is 9.78 Å². The number of carbonyl (C=O) groups excluding carboxylic acids is 1. The summed E-state index contributed by atoms with van der Waals surface area (Å²) < 4.78 is 0.748. The van der Waals surface area contributed by atoms with Crippen molar-refractivity contribution in [3.05, 3.63) is 11.1 Å². The van der Waals surface area contributed by atoms with Gasteiger partial charge in [0.15, 0.2) is 10.0 Å². The molecular weight excluding hydrogens is 384 g/mol. The van der Waals surface area contributed by atoms with E-state index in [1.807, 2.05) is 4.90 Å². The number of carboxylic acids is 1. The molecule has 0 radical (unpaired) electrons. The lowest BCUT2D eigenvalue weighted by atomic mass is 10.1. The predicted octanol–water partition coefficient (Wildman–Crippen LogP) is 2.00. The first-order valence-electron chi connectivity index (χ1n) is 9.63. The monoisotopic (exact) mass is 412 g/mol. The summed E-state index contributed by atoms with van der Waals surface area (Å²) in [5.41, 5.74) is 0.0942. The highest BCUT2D eigenvalue weighted by Crippen LogP contribution is 2.25. The molecule has 0 aliphatic carbocycles. The smallest absolute Gasteiger partial charge is 0.355 e. The van der Waals surface area contributed by atoms with E-state index in [4.69, 9.17) is 5.11 Å². The Morgan fingerprint density at radius 1 is 1.48 bits per heavy atom. The van der Waals surface area contributed by atoms with Gasteiger partial charge in [-0.3, -0.25) is 4.79 Å². The summed E-state index contributed by atoms with van der Waals surface area (Å²) >= 11 is 2.87. The van der Waals surface area contributed by atoms with Crippen molar-refractivity contribution in [3.8, 4) is 0 Å². The van der Waals surface area contributed by atoms with Gasteiger partial charge in [0.25, 0.3) is 0 Å². The van der Waals surface area contributed by atoms with E-state index >= 15 is 0 Å². The maximum Gasteiger partial charge on any atom is 0.355 e. The van der Waals surface area contributed by atoms with E-state index < -0.39 is 5.97 Å². The van der Waals surface area contributed by atoms with Crippen molar-refractivity contribution in [2.75, 3.05) is 38.5 Å². The number of nitrogens with zero attached hydrogens (tertiary/aromatic N) is 3. The Labute approximate surface area is 168 Å². The van der Waals surface area contributed by atoms with Crippen LogP contribution < -0.4 is 5.32 Å². The lowest BCUT2D eigenvalue weighted by Gasteiger charge is -2.31. The molecule has 2 aliphatic rings. The Morgan fingerprint density at radius 3 is 3.00 bits per heavy atom. The van der Waals surface area contributed by atoms with Gasteiger partial charge >= 0.3 is 5.97 Å². The van der Waals surface area contributed by atoms with Crippen LogP contribution in [0.25, 0.3) is 0 Å². The number of aromatic nitrogens is 1. The molecule has 150 valence electrons. The molecule has 27 heavy (non-hydrogen) atoms. The van der Waals surface area contributed by atoms with Crippen molar-refractivity contribution in [2.24, 2.45) is 0 Å². The predicted molar refractivity (Wildman–Crippen MR) is 108 cm³/mol. The summed E-state index contributed by atoms with van der Waals surface area (Å²) in [5, 5.41) is 14.1. The van der Waals surface area contributed by atoms with E-state index in [2.05, 4.69) is 22.1 Å². The van der Waals surface area contributed by atoms with E-state index in [0.717, 1.165) is 42.7 Å². The van der Waals surface area contributed by atoms with Gasteiger partial charge in [-0.05, 0) is 32.4 Å². The zero-order valence-corrected chi connectivity index (χ0v) is 17.4. The van der Waals surface area contributed by atoms with Gasteiger partial charge in [0.2, 0.25) is 5.91 Å². The highest BCUT2D eigenvalue weighted by Gasteiger charge is 2.32. The lowest BCUT2D eigenvalue weighted by molar-refractivity contribution is -0.128. The number of aromatic carboxylic acids is 1. The topological polar surface area (TPSA) is 85.8 Å². The second-order valence-electron chi connectivity index (χ2n) is 7.08. The van der Waals surface area contributed by atoms with Crippen LogP contribution >= 0.6 is 23.1 Å². The van der Waals surface area contributed by atoms with Crippen LogP contribution in [0, 0.1) is 0 Å². The van der Waals surface area contributed by atoms with Crippen LogP contribution in [-0.2, 0) is 4.79 Å². The van der Waals surface area contributed by atoms with Crippen LogP contribution in [0.15, 0.2) is 9.72 Å². The maximum absolute atomic E-state index is 12.3. The SMILES string of the molecule is CCN(CC1CCCN1)C[C@H]1CCC(=O)N1CCSc1nc(C(=O)O)cs1. The van der Waals surface area contributed by atoms with Crippen LogP contribution in [0.5, 0.6) is 0 Å². The van der Waals surface area contributed by atoms with Crippen LogP contribution in [0.2, 0.25) is 0 Å². The Kier molecular flexibility index (Phi) is 7.51. The van der Waals surface area contributed by atoms with Gasteiger partial charge in [-0.1, -0.05) is 18.7 Å². The number of nitrogens with one attached hydrogen (secondary N) is 1. The summed E-state index contributed by atoms with van der Waals surface area (Å²) in [6, 6.07) is 0.865. The second kappa shape index (κ2) is 9.86. The fourth-order valence-corrected chi connectivity index (χ4v) is 5.61. The normalized spacial score (nSPS) is 22.9. The Balaban J connectivity index is 1.48. The van der Waals surface area contributed by atoms with Crippen molar-refractivity contribution in [1.82, 2.24) is 20.1 Å². The zero-order chi connectivity index (χ0) is 19.2. The fourth-order valence-electron chi connectivity index (χ4n) is 3.80. The minimum Gasteiger partial charge on any atom is -0.476 e. The van der Waals surface area contributed by atoms with Crippen LogP contribution in [0.3, 0.4) is 0 Å². The fraction of sp³-hybridized carbons (Fsp3) is 0.722. The molecule has 2 saturated heterocycles. The number of hydrogen-bond donors (Lipinski definition) is 2. The molecule has 3 rings (SSSR count). The molecule has 2 fully saturated rings. The van der Waals surface area contributed by atoms with Gasteiger partial charge in [0.05, 0.1) is 0 Å². The first-order chi connectivity index (χ1) is 13.1. The summed E-state index contributed by atoms with van der Waals surface area (Å²) in [7, 11) is 0. The molecule has 2 aliphatic heterocycles. The molecule has 7 nitrogen and oxygen atoms in total. The maximum atomic E-state index is 12.3. The Bertz CT molecular complexity index is 648. The summed E-state index contributed by atoms with van der Waals surface area (Å²) in [6.07, 6.45) is 4.06. The van der Waals surface area contributed by atoms with Gasteiger partial charge in [-0.15, -0.1) is 11.3 Å². The number of rotatable bonds is 10. The molecule has 0 spiro atoms. The molecule has 2 atom stereocenters. The van der Waals surface area contributed by atoms with Gasteiger partial charge in [0.1, 0.15) is 0 Å². The number of hydrogen-bond acceptors (Lipinski definition) is 7. The zero-order valence-electron chi connectivity index (χ0n) is 15.7. The van der Waals surface area contributed by atoms with E-state index in [-0.39, 0.29) is 17.6 Å². The van der Waals surface area contributed by atoms with Crippen LogP contribution in [-0.4, -0.2) is 82.3 Å².